The zero-order valence-corrected chi connectivity index (χ0v) is 7.74. The van der Waals surface area contributed by atoms with E-state index in [-0.39, 0.29) is 0 Å². The molecule has 3 heteroatoms. The third-order valence-electron chi connectivity index (χ3n) is 1.85. The van der Waals surface area contributed by atoms with E-state index in [0.717, 1.165) is 11.3 Å². The predicted octanol–water partition coefficient (Wildman–Crippen LogP) is 2.22. The van der Waals surface area contributed by atoms with E-state index in [1.54, 1.807) is 0 Å². The van der Waals surface area contributed by atoms with E-state index in [1.165, 1.54) is 11.5 Å². The van der Waals surface area contributed by atoms with Gasteiger partial charge in [-0.1, -0.05) is 30.3 Å². The Morgan fingerprint density at radius 2 is 1.92 bits per heavy atom. The van der Waals surface area contributed by atoms with Gasteiger partial charge in [-0.2, -0.15) is 4.37 Å². The Morgan fingerprint density at radius 1 is 1.15 bits per heavy atom. The van der Waals surface area contributed by atoms with Crippen LogP contribution in [0.1, 0.15) is 17.4 Å². The van der Waals surface area contributed by atoms with Gasteiger partial charge in [0.25, 0.3) is 0 Å². The van der Waals surface area contributed by atoms with Crippen LogP contribution >= 0.6 is 11.5 Å². The highest BCUT2D eigenvalue weighted by molar-refractivity contribution is 7.03. The van der Waals surface area contributed by atoms with E-state index in [4.69, 9.17) is 0 Å². The molecule has 66 valence electrons. The van der Waals surface area contributed by atoms with Gasteiger partial charge in [-0.3, -0.25) is 0 Å². The first-order chi connectivity index (χ1) is 6.38. The van der Waals surface area contributed by atoms with Gasteiger partial charge >= 0.3 is 0 Å². The highest BCUT2D eigenvalue weighted by Crippen LogP contribution is 2.20. The molecule has 0 aliphatic rings. The van der Waals surface area contributed by atoms with Crippen molar-refractivity contribution in [2.45, 2.75) is 6.10 Å². The monoisotopic (exact) mass is 191 g/mol. The van der Waals surface area contributed by atoms with Crippen molar-refractivity contribution in [1.29, 1.82) is 0 Å². The maximum absolute atomic E-state index is 9.82. The Labute approximate surface area is 80.6 Å². The van der Waals surface area contributed by atoms with Gasteiger partial charge in [0.15, 0.2) is 0 Å². The molecule has 0 aliphatic carbocycles. The van der Waals surface area contributed by atoms with E-state index in [2.05, 4.69) is 4.37 Å². The largest absolute Gasteiger partial charge is 0.382 e. The number of aliphatic hydroxyl groups excluding tert-OH is 1. The lowest BCUT2D eigenvalue weighted by Gasteiger charge is -2.06. The summed E-state index contributed by atoms with van der Waals surface area (Å²) in [6, 6.07) is 11.4. The minimum Gasteiger partial charge on any atom is -0.382 e. The molecule has 2 aromatic rings. The predicted molar refractivity (Wildman–Crippen MR) is 52.6 cm³/mol. The average molecular weight is 191 g/mol. The van der Waals surface area contributed by atoms with Gasteiger partial charge in [-0.15, -0.1) is 0 Å². The molecule has 0 spiro atoms. The Kier molecular flexibility index (Phi) is 2.38. The van der Waals surface area contributed by atoms with Crippen molar-refractivity contribution in [3.8, 4) is 0 Å². The number of benzene rings is 1. The molecule has 13 heavy (non-hydrogen) atoms. The number of aliphatic hydroxyl groups is 1. The van der Waals surface area contributed by atoms with Crippen molar-refractivity contribution in [1.82, 2.24) is 4.37 Å². The Hall–Kier alpha value is -1.19. The van der Waals surface area contributed by atoms with Crippen molar-refractivity contribution >= 4 is 11.5 Å². The second kappa shape index (κ2) is 3.68. The maximum Gasteiger partial charge on any atom is 0.122 e. The van der Waals surface area contributed by atoms with Crippen LogP contribution in [0.5, 0.6) is 0 Å². The first-order valence-corrected chi connectivity index (χ1v) is 4.85. The quantitative estimate of drug-likeness (QED) is 0.789. The molecule has 0 amide bonds. The van der Waals surface area contributed by atoms with Crippen molar-refractivity contribution in [2.24, 2.45) is 0 Å². The van der Waals surface area contributed by atoms with Crippen molar-refractivity contribution in [3.63, 3.8) is 0 Å². The van der Waals surface area contributed by atoms with Gasteiger partial charge in [0.05, 0.1) is 5.69 Å². The normalized spacial score (nSPS) is 12.7. The highest BCUT2D eigenvalue weighted by atomic mass is 32.1. The molecule has 2 rings (SSSR count). The summed E-state index contributed by atoms with van der Waals surface area (Å²) in [6.07, 6.45) is -0.590. The molecule has 0 radical (unpaired) electrons. The van der Waals surface area contributed by atoms with Gasteiger partial charge in [0, 0.05) is 5.38 Å². The minimum absolute atomic E-state index is 0.590. The Morgan fingerprint density at radius 3 is 2.54 bits per heavy atom. The van der Waals surface area contributed by atoms with Crippen LogP contribution in [0, 0.1) is 0 Å². The van der Waals surface area contributed by atoms with Crippen LogP contribution in [0.4, 0.5) is 0 Å². The lowest BCUT2D eigenvalue weighted by Crippen LogP contribution is -1.98. The van der Waals surface area contributed by atoms with Crippen molar-refractivity contribution in [3.05, 3.63) is 53.0 Å². The molecule has 1 unspecified atom stereocenters. The number of aromatic nitrogens is 1. The van der Waals surface area contributed by atoms with Crippen molar-refractivity contribution < 1.29 is 5.11 Å². The van der Waals surface area contributed by atoms with Crippen molar-refractivity contribution in [2.75, 3.05) is 0 Å². The van der Waals surface area contributed by atoms with Crippen LogP contribution in [-0.4, -0.2) is 9.48 Å². The van der Waals surface area contributed by atoms with Crippen LogP contribution in [0.2, 0.25) is 0 Å². The summed E-state index contributed by atoms with van der Waals surface area (Å²) in [6.45, 7) is 0. The third-order valence-corrected chi connectivity index (χ3v) is 2.43. The van der Waals surface area contributed by atoms with Crippen LogP contribution in [0.15, 0.2) is 41.8 Å². The van der Waals surface area contributed by atoms with Gasteiger partial charge in [0.1, 0.15) is 6.10 Å². The first kappa shape index (κ1) is 8.41. The van der Waals surface area contributed by atoms with Crippen LogP contribution in [-0.2, 0) is 0 Å². The number of hydrogen-bond donors (Lipinski definition) is 1. The van der Waals surface area contributed by atoms with Crippen LogP contribution < -0.4 is 0 Å². The fraction of sp³-hybridized carbons (Fsp3) is 0.100. The van der Waals surface area contributed by atoms with E-state index in [9.17, 15) is 5.11 Å². The molecular formula is C10H9NOS. The summed E-state index contributed by atoms with van der Waals surface area (Å²) >= 11 is 1.35. The Bertz CT molecular complexity index is 358. The summed E-state index contributed by atoms with van der Waals surface area (Å²) < 4.78 is 4.08. The fourth-order valence-corrected chi connectivity index (χ4v) is 1.71. The SMILES string of the molecule is OC(c1ccccc1)c1ccsn1. The minimum atomic E-state index is -0.590. The molecule has 2 nitrogen and oxygen atoms in total. The molecule has 1 atom stereocenters. The summed E-state index contributed by atoms with van der Waals surface area (Å²) in [7, 11) is 0. The maximum atomic E-state index is 9.82. The number of nitrogens with zero attached hydrogens (tertiary/aromatic N) is 1. The van der Waals surface area contributed by atoms with E-state index in [1.807, 2.05) is 41.8 Å². The average Bonchev–Trinajstić information content (AvgIpc) is 2.71. The van der Waals surface area contributed by atoms with Crippen LogP contribution in [0.3, 0.4) is 0 Å². The summed E-state index contributed by atoms with van der Waals surface area (Å²) in [4.78, 5) is 0. The topological polar surface area (TPSA) is 33.1 Å². The van der Waals surface area contributed by atoms with Crippen LogP contribution in [0.25, 0.3) is 0 Å². The van der Waals surface area contributed by atoms with E-state index in [0.29, 0.717) is 0 Å². The smallest absolute Gasteiger partial charge is 0.122 e. The zero-order valence-electron chi connectivity index (χ0n) is 6.92. The second-order valence-corrected chi connectivity index (χ2v) is 3.40. The standard InChI is InChI=1S/C10H9NOS/c12-10(9-6-7-13-11-9)8-4-2-1-3-5-8/h1-7,10,12H. The van der Waals surface area contributed by atoms with E-state index < -0.39 is 6.10 Å². The summed E-state index contributed by atoms with van der Waals surface area (Å²) in [5.74, 6) is 0. The molecule has 1 N–H and O–H groups in total. The molecule has 0 saturated heterocycles. The molecular weight excluding hydrogens is 182 g/mol. The summed E-state index contributed by atoms with van der Waals surface area (Å²) in [5.41, 5.74) is 1.60. The van der Waals surface area contributed by atoms with Gasteiger partial charge < -0.3 is 5.11 Å². The molecule has 0 bridgehead atoms. The number of hydrogen-bond acceptors (Lipinski definition) is 3. The molecule has 0 aliphatic heterocycles. The third kappa shape index (κ3) is 1.76. The molecule has 0 fully saturated rings. The lowest BCUT2D eigenvalue weighted by atomic mass is 10.1. The van der Waals surface area contributed by atoms with Gasteiger partial charge in [0.2, 0.25) is 0 Å². The fourth-order valence-electron chi connectivity index (χ4n) is 1.17. The molecule has 1 heterocycles. The Balaban J connectivity index is 2.29. The highest BCUT2D eigenvalue weighted by Gasteiger charge is 2.10. The zero-order chi connectivity index (χ0) is 9.10. The number of rotatable bonds is 2. The van der Waals surface area contributed by atoms with Gasteiger partial charge in [-0.05, 0) is 23.2 Å². The van der Waals surface area contributed by atoms with E-state index >= 15 is 0 Å². The second-order valence-electron chi connectivity index (χ2n) is 2.74. The molecule has 1 aromatic carbocycles. The molecule has 1 aromatic heterocycles. The molecule has 0 saturated carbocycles. The van der Waals surface area contributed by atoms with Gasteiger partial charge in [-0.25, -0.2) is 0 Å². The summed E-state index contributed by atoms with van der Waals surface area (Å²) in [5, 5.41) is 11.7. The first-order valence-electron chi connectivity index (χ1n) is 4.01. The lowest BCUT2D eigenvalue weighted by molar-refractivity contribution is 0.216.